The van der Waals surface area contributed by atoms with Gasteiger partial charge in [-0.05, 0) is 37.6 Å². The summed E-state index contributed by atoms with van der Waals surface area (Å²) in [6.45, 7) is 9.17. The summed E-state index contributed by atoms with van der Waals surface area (Å²) in [5, 5.41) is 4.45. The molecule has 7 heteroatoms. The number of nitrogens with zero attached hydrogens (tertiary/aromatic N) is 5. The maximum atomic E-state index is 13.3. The molecule has 0 atom stereocenters. The number of aromatic nitrogens is 2. The van der Waals surface area contributed by atoms with Crippen molar-refractivity contribution in [2.24, 2.45) is 0 Å². The summed E-state index contributed by atoms with van der Waals surface area (Å²) in [4.78, 5) is 32.4. The van der Waals surface area contributed by atoms with Gasteiger partial charge in [-0.3, -0.25) is 24.1 Å². The molecule has 33 heavy (non-hydrogen) atoms. The Morgan fingerprint density at radius 2 is 1.61 bits per heavy atom. The summed E-state index contributed by atoms with van der Waals surface area (Å²) >= 11 is 0. The first-order valence-corrected chi connectivity index (χ1v) is 11.5. The van der Waals surface area contributed by atoms with Crippen molar-refractivity contribution in [2.45, 2.75) is 26.9 Å². The molecule has 1 fully saturated rings. The average molecular weight is 444 g/mol. The van der Waals surface area contributed by atoms with Crippen molar-refractivity contribution in [3.63, 3.8) is 0 Å². The molecule has 0 spiro atoms. The zero-order valence-corrected chi connectivity index (χ0v) is 19.2. The topological polar surface area (TPSA) is 61.7 Å². The van der Waals surface area contributed by atoms with Crippen molar-refractivity contribution < 1.29 is 9.59 Å². The van der Waals surface area contributed by atoms with Crippen LogP contribution in [0.1, 0.15) is 37.7 Å². The highest BCUT2D eigenvalue weighted by Gasteiger charge is 2.38. The smallest absolute Gasteiger partial charge is 0.263 e. The van der Waals surface area contributed by atoms with Crippen LogP contribution in [0.4, 0.5) is 5.69 Å². The van der Waals surface area contributed by atoms with Crippen LogP contribution in [-0.2, 0) is 13.1 Å². The number of hydrogen-bond donors (Lipinski definition) is 0. The third-order valence-corrected chi connectivity index (χ3v) is 6.58. The quantitative estimate of drug-likeness (QED) is 0.548. The fraction of sp³-hybridized carbons (Fsp3) is 0.346. The molecular formula is C26H29N5O2. The van der Waals surface area contributed by atoms with E-state index in [0.717, 1.165) is 49.8 Å². The first kappa shape index (κ1) is 21.4. The third-order valence-electron chi connectivity index (χ3n) is 6.58. The molecular weight excluding hydrogens is 414 g/mol. The molecule has 0 saturated carbocycles. The number of aryl methyl sites for hydroxylation is 2. The Balaban J connectivity index is 1.28. The number of amides is 2. The minimum absolute atomic E-state index is 0.196. The van der Waals surface area contributed by atoms with Crippen molar-refractivity contribution in [3.8, 4) is 0 Å². The van der Waals surface area contributed by atoms with Gasteiger partial charge in [-0.1, -0.05) is 36.4 Å². The van der Waals surface area contributed by atoms with Crippen LogP contribution in [0.2, 0.25) is 0 Å². The second kappa shape index (κ2) is 8.83. The lowest BCUT2D eigenvalue weighted by Crippen LogP contribution is -2.46. The molecule has 170 valence electrons. The minimum Gasteiger partial charge on any atom is -0.368 e. The lowest BCUT2D eigenvalue weighted by atomic mass is 10.1. The maximum Gasteiger partial charge on any atom is 0.263 e. The number of anilines is 1. The van der Waals surface area contributed by atoms with E-state index in [1.807, 2.05) is 42.8 Å². The first-order chi connectivity index (χ1) is 16.0. The van der Waals surface area contributed by atoms with Gasteiger partial charge in [0.2, 0.25) is 0 Å². The first-order valence-electron chi connectivity index (χ1n) is 11.5. The summed E-state index contributed by atoms with van der Waals surface area (Å²) in [7, 11) is 0. The van der Waals surface area contributed by atoms with Gasteiger partial charge in [0.1, 0.15) is 0 Å². The number of imide groups is 1. The van der Waals surface area contributed by atoms with Crippen LogP contribution in [-0.4, -0.2) is 64.1 Å². The van der Waals surface area contributed by atoms with Crippen LogP contribution < -0.4 is 4.90 Å². The van der Waals surface area contributed by atoms with Gasteiger partial charge in [-0.2, -0.15) is 5.10 Å². The van der Waals surface area contributed by atoms with E-state index in [1.165, 1.54) is 10.5 Å². The van der Waals surface area contributed by atoms with E-state index in [1.54, 1.807) is 6.07 Å². The van der Waals surface area contributed by atoms with E-state index in [4.69, 9.17) is 0 Å². The van der Waals surface area contributed by atoms with Crippen LogP contribution in [0.15, 0.2) is 54.6 Å². The number of rotatable bonds is 6. The fourth-order valence-corrected chi connectivity index (χ4v) is 4.87. The number of hydrogen-bond acceptors (Lipinski definition) is 5. The standard InChI is InChI=1S/C26H29N5O2/c1-19-17-20(2)31(27-19)16-15-30-25(32)22-9-6-10-23(24(22)26(30)33)29-13-11-28(12-14-29)18-21-7-4-3-5-8-21/h3-10,17H,11-16,18H2,1-2H3. The van der Waals surface area contributed by atoms with E-state index in [2.05, 4.69) is 39.2 Å². The summed E-state index contributed by atoms with van der Waals surface area (Å²) in [5.41, 5.74) is 5.20. The molecule has 0 radical (unpaired) electrons. The largest absolute Gasteiger partial charge is 0.368 e. The number of carbonyl (C=O) groups is 2. The highest BCUT2D eigenvalue weighted by molar-refractivity contribution is 6.23. The van der Waals surface area contributed by atoms with Gasteiger partial charge in [0.25, 0.3) is 11.8 Å². The van der Waals surface area contributed by atoms with Gasteiger partial charge in [0.05, 0.1) is 29.1 Å². The third kappa shape index (κ3) is 4.16. The Hall–Kier alpha value is -3.45. The molecule has 2 aliphatic heterocycles. The number of fused-ring (bicyclic) bond motifs is 1. The van der Waals surface area contributed by atoms with Crippen LogP contribution in [0, 0.1) is 13.8 Å². The Morgan fingerprint density at radius 3 is 2.30 bits per heavy atom. The van der Waals surface area contributed by atoms with Crippen LogP contribution in [0.5, 0.6) is 0 Å². The normalized spacial score (nSPS) is 16.5. The summed E-state index contributed by atoms with van der Waals surface area (Å²) in [5.74, 6) is -0.403. The molecule has 7 nitrogen and oxygen atoms in total. The van der Waals surface area contributed by atoms with Crippen molar-refractivity contribution >= 4 is 17.5 Å². The van der Waals surface area contributed by atoms with E-state index in [-0.39, 0.29) is 11.8 Å². The van der Waals surface area contributed by atoms with Crippen LogP contribution in [0.25, 0.3) is 0 Å². The predicted molar refractivity (Wildman–Crippen MR) is 127 cm³/mol. The van der Waals surface area contributed by atoms with Crippen LogP contribution in [0.3, 0.4) is 0 Å². The number of piperazine rings is 1. The fourth-order valence-electron chi connectivity index (χ4n) is 4.87. The predicted octanol–water partition coefficient (Wildman–Crippen LogP) is 3.12. The summed E-state index contributed by atoms with van der Waals surface area (Å²) in [6, 6.07) is 18.1. The van der Waals surface area contributed by atoms with Gasteiger partial charge < -0.3 is 4.90 Å². The highest BCUT2D eigenvalue weighted by atomic mass is 16.2. The minimum atomic E-state index is -0.207. The SMILES string of the molecule is Cc1cc(C)n(CCN2C(=O)c3cccc(N4CCN(Cc5ccccc5)CC4)c3C2=O)n1. The monoisotopic (exact) mass is 443 g/mol. The number of carbonyl (C=O) groups excluding carboxylic acids is 2. The molecule has 5 rings (SSSR count). The number of benzene rings is 2. The molecule has 3 aromatic rings. The van der Waals surface area contributed by atoms with Gasteiger partial charge in [0, 0.05) is 45.0 Å². The van der Waals surface area contributed by atoms with Crippen LogP contribution >= 0.6 is 0 Å². The molecule has 2 aliphatic rings. The molecule has 0 N–H and O–H groups in total. The van der Waals surface area contributed by atoms with Gasteiger partial charge in [0.15, 0.2) is 0 Å². The molecule has 2 amide bonds. The molecule has 1 saturated heterocycles. The van der Waals surface area contributed by atoms with Crippen molar-refractivity contribution in [1.82, 2.24) is 19.6 Å². The van der Waals surface area contributed by atoms with E-state index in [0.29, 0.717) is 24.2 Å². The Morgan fingerprint density at radius 1 is 0.848 bits per heavy atom. The second-order valence-corrected chi connectivity index (χ2v) is 8.86. The molecule has 2 aromatic carbocycles. The van der Waals surface area contributed by atoms with Gasteiger partial charge in [-0.25, -0.2) is 0 Å². The van der Waals surface area contributed by atoms with Crippen molar-refractivity contribution in [1.29, 1.82) is 0 Å². The Bertz CT molecular complexity index is 1180. The summed E-state index contributed by atoms with van der Waals surface area (Å²) in [6.07, 6.45) is 0. The van der Waals surface area contributed by atoms with Gasteiger partial charge >= 0.3 is 0 Å². The van der Waals surface area contributed by atoms with E-state index >= 15 is 0 Å². The molecule has 0 bridgehead atoms. The second-order valence-electron chi connectivity index (χ2n) is 8.86. The Kier molecular flexibility index (Phi) is 5.72. The molecule has 0 aliphatic carbocycles. The Labute approximate surface area is 194 Å². The van der Waals surface area contributed by atoms with Crippen molar-refractivity contribution in [2.75, 3.05) is 37.6 Å². The van der Waals surface area contributed by atoms with E-state index in [9.17, 15) is 9.59 Å². The van der Waals surface area contributed by atoms with Crippen molar-refractivity contribution in [3.05, 3.63) is 82.7 Å². The maximum absolute atomic E-state index is 13.3. The van der Waals surface area contributed by atoms with Gasteiger partial charge in [-0.15, -0.1) is 0 Å². The lowest BCUT2D eigenvalue weighted by molar-refractivity contribution is 0.0647. The lowest BCUT2D eigenvalue weighted by Gasteiger charge is -2.36. The zero-order valence-electron chi connectivity index (χ0n) is 19.2. The molecule has 3 heterocycles. The highest BCUT2D eigenvalue weighted by Crippen LogP contribution is 2.32. The van der Waals surface area contributed by atoms with E-state index < -0.39 is 0 Å². The zero-order chi connectivity index (χ0) is 22.9. The average Bonchev–Trinajstić information content (AvgIpc) is 3.28. The molecule has 0 unspecified atom stereocenters. The molecule has 1 aromatic heterocycles. The summed E-state index contributed by atoms with van der Waals surface area (Å²) < 4.78 is 1.85.